The van der Waals surface area contributed by atoms with Gasteiger partial charge in [-0.2, -0.15) is 0 Å². The van der Waals surface area contributed by atoms with E-state index in [0.29, 0.717) is 0 Å². The van der Waals surface area contributed by atoms with Crippen molar-refractivity contribution >= 4 is 17.1 Å². The number of hydrogen-bond acceptors (Lipinski definition) is 2. The van der Waals surface area contributed by atoms with Crippen LogP contribution >= 0.6 is 0 Å². The third-order valence-electron chi connectivity index (χ3n) is 10.9. The molecule has 0 N–H and O–H groups in total. The minimum atomic E-state index is 0.0155. The summed E-state index contributed by atoms with van der Waals surface area (Å²) in [5.74, 6) is 0. The Hall–Kier alpha value is -3.78. The van der Waals surface area contributed by atoms with E-state index in [1.807, 2.05) is 0 Å². The van der Waals surface area contributed by atoms with E-state index in [1.54, 1.807) is 0 Å². The topological polar surface area (TPSA) is 6.48 Å². The van der Waals surface area contributed by atoms with Crippen molar-refractivity contribution in [2.45, 2.75) is 98.1 Å². The van der Waals surface area contributed by atoms with Crippen molar-refractivity contribution in [1.29, 1.82) is 0 Å². The van der Waals surface area contributed by atoms with Gasteiger partial charge in [-0.15, -0.1) is 0 Å². The van der Waals surface area contributed by atoms with Crippen LogP contribution in [0.15, 0.2) is 120 Å². The predicted octanol–water partition coefficient (Wildman–Crippen LogP) is 11.3. The van der Waals surface area contributed by atoms with Crippen LogP contribution in [0.4, 0.5) is 17.1 Å². The first-order valence-corrected chi connectivity index (χ1v) is 16.6. The fourth-order valence-corrected chi connectivity index (χ4v) is 7.98. The summed E-state index contributed by atoms with van der Waals surface area (Å²) in [6, 6.07) is 27.1. The average Bonchev–Trinajstić information content (AvgIpc) is 3.66. The summed E-state index contributed by atoms with van der Waals surface area (Å²) in [7, 11) is 0. The molecule has 0 amide bonds. The number of hydrogen-bond donors (Lipinski definition) is 0. The lowest BCUT2D eigenvalue weighted by molar-refractivity contribution is 0.502. The Morgan fingerprint density at radius 3 is 2.00 bits per heavy atom. The summed E-state index contributed by atoms with van der Waals surface area (Å²) >= 11 is 0. The van der Waals surface area contributed by atoms with Crippen LogP contribution in [0.1, 0.15) is 83.9 Å². The highest BCUT2D eigenvalue weighted by atomic mass is 15.3. The van der Waals surface area contributed by atoms with Crippen molar-refractivity contribution in [1.82, 2.24) is 0 Å². The molecule has 3 atom stereocenters. The van der Waals surface area contributed by atoms with Gasteiger partial charge >= 0.3 is 0 Å². The van der Waals surface area contributed by atoms with Crippen molar-refractivity contribution in [3.05, 3.63) is 137 Å². The SMILES string of the molecule is CCC1=CC2(C)CC2(N(c2ccccc2)C2C=CC(N(c3ccccc3)c3c(C)cc(C(C)(C)CC)cc3C)=CC2)C(C)=C1. The van der Waals surface area contributed by atoms with Gasteiger partial charge in [-0.25, -0.2) is 0 Å². The molecule has 2 heteroatoms. The zero-order valence-electron chi connectivity index (χ0n) is 28.1. The quantitative estimate of drug-likeness (QED) is 0.248. The van der Waals surface area contributed by atoms with E-state index >= 15 is 0 Å². The number of allylic oxidation sites excluding steroid dienone is 3. The first kappa shape index (κ1) is 30.3. The van der Waals surface area contributed by atoms with Crippen LogP contribution in [0.5, 0.6) is 0 Å². The lowest BCUT2D eigenvalue weighted by Gasteiger charge is -2.45. The van der Waals surface area contributed by atoms with Crippen LogP contribution in [0, 0.1) is 19.3 Å². The normalized spacial score (nSPS) is 24.2. The second kappa shape index (κ2) is 11.3. The minimum absolute atomic E-state index is 0.0155. The summed E-state index contributed by atoms with van der Waals surface area (Å²) in [4.78, 5) is 5.23. The van der Waals surface area contributed by atoms with E-state index < -0.39 is 0 Å². The van der Waals surface area contributed by atoms with Crippen LogP contribution in [0.25, 0.3) is 0 Å². The fourth-order valence-electron chi connectivity index (χ4n) is 7.98. The molecule has 3 aliphatic carbocycles. The summed E-state index contributed by atoms with van der Waals surface area (Å²) in [6.45, 7) is 18.7. The van der Waals surface area contributed by atoms with Gasteiger partial charge in [-0.05, 0) is 104 Å². The number of benzene rings is 3. The maximum absolute atomic E-state index is 2.75. The van der Waals surface area contributed by atoms with E-state index in [1.165, 1.54) is 50.6 Å². The van der Waals surface area contributed by atoms with Crippen molar-refractivity contribution in [3.8, 4) is 0 Å². The summed E-state index contributed by atoms with van der Waals surface area (Å²) in [6.07, 6.45) is 16.7. The van der Waals surface area contributed by atoms with E-state index in [-0.39, 0.29) is 22.4 Å². The number of fused-ring (bicyclic) bond motifs is 1. The fraction of sp³-hybridized carbons (Fsp3) is 0.381. The van der Waals surface area contributed by atoms with Crippen LogP contribution in [-0.4, -0.2) is 11.6 Å². The van der Waals surface area contributed by atoms with Gasteiger partial charge in [0.2, 0.25) is 0 Å². The number of nitrogens with zero attached hydrogens (tertiary/aromatic N) is 2. The molecule has 3 aliphatic rings. The number of aryl methyl sites for hydroxylation is 2. The Kier molecular flexibility index (Phi) is 7.77. The molecule has 3 aromatic carbocycles. The van der Waals surface area contributed by atoms with Gasteiger partial charge < -0.3 is 9.80 Å². The first-order valence-electron chi connectivity index (χ1n) is 16.6. The molecule has 6 rings (SSSR count). The summed E-state index contributed by atoms with van der Waals surface area (Å²) in [5, 5.41) is 0. The molecule has 0 aliphatic heterocycles. The van der Waals surface area contributed by atoms with Gasteiger partial charge in [0.25, 0.3) is 0 Å². The van der Waals surface area contributed by atoms with Gasteiger partial charge in [0.15, 0.2) is 0 Å². The van der Waals surface area contributed by atoms with Crippen molar-refractivity contribution in [2.24, 2.45) is 5.41 Å². The lowest BCUT2D eigenvalue weighted by atomic mass is 9.80. The van der Waals surface area contributed by atoms with Crippen LogP contribution < -0.4 is 9.80 Å². The Morgan fingerprint density at radius 2 is 1.48 bits per heavy atom. The molecular formula is C42H50N2. The predicted molar refractivity (Wildman–Crippen MR) is 190 cm³/mol. The molecule has 44 heavy (non-hydrogen) atoms. The third-order valence-corrected chi connectivity index (χ3v) is 10.9. The molecular weight excluding hydrogens is 532 g/mol. The van der Waals surface area contributed by atoms with Crippen LogP contribution in [0.3, 0.4) is 0 Å². The van der Waals surface area contributed by atoms with Crippen LogP contribution in [-0.2, 0) is 5.41 Å². The highest BCUT2D eigenvalue weighted by molar-refractivity contribution is 5.76. The molecule has 0 radical (unpaired) electrons. The molecule has 0 aromatic heterocycles. The number of anilines is 3. The van der Waals surface area contributed by atoms with E-state index in [4.69, 9.17) is 0 Å². The maximum Gasteiger partial charge on any atom is 0.0718 e. The van der Waals surface area contributed by atoms with Gasteiger partial charge in [0, 0.05) is 22.5 Å². The largest absolute Gasteiger partial charge is 0.354 e. The summed E-state index contributed by atoms with van der Waals surface area (Å²) < 4.78 is 0. The Morgan fingerprint density at radius 1 is 0.864 bits per heavy atom. The molecule has 0 spiro atoms. The molecule has 228 valence electrons. The van der Waals surface area contributed by atoms with E-state index in [9.17, 15) is 0 Å². The Bertz CT molecular complexity index is 1630. The second-order valence-corrected chi connectivity index (χ2v) is 14.2. The molecule has 1 fully saturated rings. The van der Waals surface area contributed by atoms with E-state index in [2.05, 4.69) is 168 Å². The van der Waals surface area contributed by atoms with Crippen molar-refractivity contribution in [3.63, 3.8) is 0 Å². The molecule has 1 saturated carbocycles. The molecule has 0 saturated heterocycles. The van der Waals surface area contributed by atoms with Gasteiger partial charge in [0.1, 0.15) is 0 Å². The van der Waals surface area contributed by atoms with Crippen molar-refractivity contribution < 1.29 is 0 Å². The second-order valence-electron chi connectivity index (χ2n) is 14.2. The van der Waals surface area contributed by atoms with Gasteiger partial charge in [-0.3, -0.25) is 0 Å². The third kappa shape index (κ3) is 4.97. The van der Waals surface area contributed by atoms with Gasteiger partial charge in [0.05, 0.1) is 17.3 Å². The Labute approximate surface area is 266 Å². The monoisotopic (exact) mass is 582 g/mol. The Balaban J connectivity index is 1.39. The first-order chi connectivity index (χ1) is 21.0. The number of para-hydroxylation sites is 2. The zero-order chi connectivity index (χ0) is 31.3. The molecule has 3 aromatic rings. The van der Waals surface area contributed by atoms with Crippen LogP contribution in [0.2, 0.25) is 0 Å². The lowest BCUT2D eigenvalue weighted by Crippen LogP contribution is -2.49. The summed E-state index contributed by atoms with van der Waals surface area (Å²) in [5.41, 5.74) is 12.4. The molecule has 0 heterocycles. The van der Waals surface area contributed by atoms with E-state index in [0.717, 1.165) is 25.7 Å². The highest BCUT2D eigenvalue weighted by Crippen LogP contribution is 2.68. The standard InChI is InChI=1S/C42H50N2/c1-9-33-27-32(5)42(29-41(42,8)28-33)44(37-19-15-12-16-20-37)38-23-21-36(22-24-38)43(35-17-13-11-14-18-35)39-30(3)25-34(26-31(39)4)40(6,7)10-2/h11-23,25-28,38H,9-10,24,29H2,1-8H3. The molecule has 3 unspecified atom stereocenters. The molecule has 0 bridgehead atoms. The van der Waals surface area contributed by atoms with Gasteiger partial charge in [-0.1, -0.05) is 113 Å². The smallest absolute Gasteiger partial charge is 0.0718 e. The maximum atomic E-state index is 2.75. The zero-order valence-corrected chi connectivity index (χ0v) is 28.1. The van der Waals surface area contributed by atoms with Crippen molar-refractivity contribution in [2.75, 3.05) is 9.80 Å². The minimum Gasteiger partial charge on any atom is -0.354 e. The average molecular weight is 583 g/mol. The molecule has 2 nitrogen and oxygen atoms in total. The highest BCUT2D eigenvalue weighted by Gasteiger charge is 2.69. The number of rotatable bonds is 9.